The fourth-order valence-corrected chi connectivity index (χ4v) is 3.33. The second kappa shape index (κ2) is 10.9. The number of carbonyl (C=O) groups is 1. The van der Waals surface area contributed by atoms with Gasteiger partial charge in [0.25, 0.3) is 5.92 Å². The topological polar surface area (TPSA) is 101 Å². The van der Waals surface area contributed by atoms with Gasteiger partial charge in [-0.1, -0.05) is 0 Å². The van der Waals surface area contributed by atoms with E-state index >= 15 is 0 Å². The zero-order valence-electron chi connectivity index (χ0n) is 18.4. The highest BCUT2D eigenvalue weighted by Crippen LogP contribution is 2.26. The molecule has 1 fully saturated rings. The van der Waals surface area contributed by atoms with Crippen LogP contribution in [0, 0.1) is 0 Å². The second-order valence-corrected chi connectivity index (χ2v) is 7.67. The van der Waals surface area contributed by atoms with Crippen molar-refractivity contribution in [2.75, 3.05) is 26.8 Å². The van der Waals surface area contributed by atoms with Gasteiger partial charge >= 0.3 is 0 Å². The molecule has 174 valence electrons. The summed E-state index contributed by atoms with van der Waals surface area (Å²) in [4.78, 5) is 25.4. The maximum atomic E-state index is 12.4. The smallest absolute Gasteiger partial charge is 0.250 e. The van der Waals surface area contributed by atoms with Gasteiger partial charge in [0.05, 0.1) is 24.2 Å². The molecule has 8 nitrogen and oxygen atoms in total. The van der Waals surface area contributed by atoms with Gasteiger partial charge in [0.1, 0.15) is 5.65 Å². The minimum atomic E-state index is -2.38. The van der Waals surface area contributed by atoms with Crippen LogP contribution in [0.15, 0.2) is 54.2 Å². The number of hydrogen-bond donors (Lipinski definition) is 2. The summed E-state index contributed by atoms with van der Waals surface area (Å²) in [5.41, 5.74) is 8.99. The van der Waals surface area contributed by atoms with Gasteiger partial charge in [-0.3, -0.25) is 19.3 Å². The average molecular weight is 456 g/mol. The molecule has 4 rings (SSSR count). The molecule has 0 unspecified atom stereocenters. The molecule has 0 amide bonds. The number of halogens is 2. The van der Waals surface area contributed by atoms with Gasteiger partial charge in [0.15, 0.2) is 6.29 Å². The zero-order valence-corrected chi connectivity index (χ0v) is 18.4. The Balaban J connectivity index is 0.000000286. The fraction of sp³-hybridized carbons (Fsp3) is 0.304. The zero-order chi connectivity index (χ0) is 23.8. The molecule has 0 bridgehead atoms. The van der Waals surface area contributed by atoms with Crippen LogP contribution < -0.4 is 11.1 Å². The Labute approximate surface area is 190 Å². The van der Waals surface area contributed by atoms with E-state index in [0.29, 0.717) is 31.0 Å². The number of fused-ring (bicyclic) bond motifs is 1. The van der Waals surface area contributed by atoms with Crippen LogP contribution in [0.2, 0.25) is 0 Å². The lowest BCUT2D eigenvalue weighted by molar-refractivity contribution is -0.0504. The van der Waals surface area contributed by atoms with Gasteiger partial charge in [0, 0.05) is 67.2 Å². The number of alkyl halides is 2. The maximum Gasteiger partial charge on any atom is 0.250 e. The normalized spacial score (nSPS) is 16.1. The number of piperidine rings is 1. The van der Waals surface area contributed by atoms with Crippen molar-refractivity contribution in [3.63, 3.8) is 0 Å². The number of likely N-dealkylation sites (tertiary alicyclic amines) is 1. The first-order valence-corrected chi connectivity index (χ1v) is 10.4. The Morgan fingerprint density at radius 3 is 2.70 bits per heavy atom. The molecule has 3 aromatic rings. The van der Waals surface area contributed by atoms with Gasteiger partial charge in [-0.25, -0.2) is 13.8 Å². The van der Waals surface area contributed by atoms with Crippen molar-refractivity contribution in [1.82, 2.24) is 24.8 Å². The lowest BCUT2D eigenvalue weighted by Crippen LogP contribution is -2.36. The molecule has 1 aliphatic rings. The number of nitrogens with one attached hydrogen (secondary N) is 1. The quantitative estimate of drug-likeness (QED) is 0.337. The Kier molecular flexibility index (Phi) is 7.96. The van der Waals surface area contributed by atoms with Crippen LogP contribution in [-0.2, 0) is 0 Å². The highest BCUT2D eigenvalue weighted by molar-refractivity contribution is 5.85. The summed E-state index contributed by atoms with van der Waals surface area (Å²) in [5.74, 6) is -2.38. The first-order chi connectivity index (χ1) is 15.9. The van der Waals surface area contributed by atoms with Crippen molar-refractivity contribution in [1.29, 1.82) is 0 Å². The third kappa shape index (κ3) is 6.27. The number of hydrogen-bond acceptors (Lipinski definition) is 7. The number of aromatic nitrogens is 3. The van der Waals surface area contributed by atoms with Crippen LogP contribution in [0.25, 0.3) is 22.4 Å². The van der Waals surface area contributed by atoms with E-state index < -0.39 is 5.92 Å². The highest BCUT2D eigenvalue weighted by atomic mass is 19.3. The molecule has 0 aliphatic carbocycles. The minimum Gasteiger partial charge on any atom is -0.377 e. The van der Waals surface area contributed by atoms with E-state index in [9.17, 15) is 13.6 Å². The standard InChI is InChI=1S/C17H16N6O.C6H11F2N/c1-19-16(9-21-11-18)14-5-15(8-20-7-14)23-3-2-13-4-12(10-24)6-22-17(13)23;1-9-4-2-6(7,8)3-5-9/h2-10,21H,1,11,18H2;2-5H2,1H3/b16-9-;. The van der Waals surface area contributed by atoms with Gasteiger partial charge in [-0.2, -0.15) is 0 Å². The Morgan fingerprint density at radius 2 is 2.06 bits per heavy atom. The molecule has 0 saturated carbocycles. The molecule has 1 saturated heterocycles. The van der Waals surface area contributed by atoms with Crippen molar-refractivity contribution in [2.24, 2.45) is 10.7 Å². The number of carbonyl (C=O) groups excluding carboxylic acids is 1. The third-order valence-electron chi connectivity index (χ3n) is 5.23. The van der Waals surface area contributed by atoms with E-state index in [4.69, 9.17) is 5.73 Å². The van der Waals surface area contributed by atoms with E-state index in [1.807, 2.05) is 34.8 Å². The summed E-state index contributed by atoms with van der Waals surface area (Å²) in [5, 5.41) is 3.78. The largest absolute Gasteiger partial charge is 0.377 e. The van der Waals surface area contributed by atoms with Gasteiger partial charge in [0.2, 0.25) is 0 Å². The number of aldehydes is 1. The van der Waals surface area contributed by atoms with Crippen molar-refractivity contribution in [3.8, 4) is 5.69 Å². The highest BCUT2D eigenvalue weighted by Gasteiger charge is 2.32. The Morgan fingerprint density at radius 1 is 1.30 bits per heavy atom. The van der Waals surface area contributed by atoms with E-state index in [2.05, 4.69) is 27.0 Å². The van der Waals surface area contributed by atoms with Crippen LogP contribution in [0.5, 0.6) is 0 Å². The SMILES string of the molecule is C=N/C(=C\NCN)c1cncc(-n2ccc3cc(C=O)cnc32)c1.CN1CCC(F)(F)CC1. The molecule has 0 radical (unpaired) electrons. The monoisotopic (exact) mass is 455 g/mol. The van der Waals surface area contributed by atoms with Gasteiger partial charge in [-0.05, 0) is 32.0 Å². The first kappa shape index (κ1) is 24.1. The maximum absolute atomic E-state index is 12.4. The predicted octanol–water partition coefficient (Wildman–Crippen LogP) is 3.09. The van der Waals surface area contributed by atoms with E-state index in [-0.39, 0.29) is 12.8 Å². The number of rotatable bonds is 6. The minimum absolute atomic E-state index is 0.0312. The second-order valence-electron chi connectivity index (χ2n) is 7.67. The van der Waals surface area contributed by atoms with Crippen LogP contribution in [0.1, 0.15) is 28.8 Å². The van der Waals surface area contributed by atoms with Crippen molar-refractivity contribution < 1.29 is 13.6 Å². The van der Waals surface area contributed by atoms with Crippen molar-refractivity contribution in [2.45, 2.75) is 18.8 Å². The summed E-state index contributed by atoms with van der Waals surface area (Å²) in [6, 6.07) is 5.63. The Bertz CT molecular complexity index is 1130. The summed E-state index contributed by atoms with van der Waals surface area (Å²) in [7, 11) is 1.87. The van der Waals surface area contributed by atoms with Crippen molar-refractivity contribution >= 4 is 29.7 Å². The van der Waals surface area contributed by atoms with Gasteiger partial charge in [-0.15, -0.1) is 0 Å². The molecule has 0 spiro atoms. The predicted molar refractivity (Wildman–Crippen MR) is 126 cm³/mol. The molecular formula is C23H27F2N7O. The average Bonchev–Trinajstić information content (AvgIpc) is 3.25. The fourth-order valence-electron chi connectivity index (χ4n) is 3.33. The van der Waals surface area contributed by atoms with Crippen LogP contribution >= 0.6 is 0 Å². The molecule has 10 heteroatoms. The van der Waals surface area contributed by atoms with Crippen LogP contribution in [-0.4, -0.2) is 65.2 Å². The van der Waals surface area contributed by atoms with Crippen LogP contribution in [0.4, 0.5) is 8.78 Å². The molecule has 1 aliphatic heterocycles. The molecule has 33 heavy (non-hydrogen) atoms. The number of nitrogens with zero attached hydrogens (tertiary/aromatic N) is 5. The number of aliphatic imine (C=N–C) groups is 1. The summed E-state index contributed by atoms with van der Waals surface area (Å²) >= 11 is 0. The molecule has 4 heterocycles. The van der Waals surface area contributed by atoms with Crippen molar-refractivity contribution in [3.05, 3.63) is 60.3 Å². The summed E-state index contributed by atoms with van der Waals surface area (Å²) < 4.78 is 26.6. The molecular weight excluding hydrogens is 428 g/mol. The van der Waals surface area contributed by atoms with E-state index in [0.717, 1.165) is 28.6 Å². The molecule has 3 aromatic heterocycles. The third-order valence-corrected chi connectivity index (χ3v) is 5.23. The molecule has 0 atom stereocenters. The molecule has 3 N–H and O–H groups in total. The van der Waals surface area contributed by atoms with E-state index in [1.165, 1.54) is 0 Å². The van der Waals surface area contributed by atoms with Crippen LogP contribution in [0.3, 0.4) is 0 Å². The lowest BCUT2D eigenvalue weighted by atomic mass is 10.1. The summed E-state index contributed by atoms with van der Waals surface area (Å²) in [6.45, 7) is 4.95. The first-order valence-electron chi connectivity index (χ1n) is 10.4. The number of nitrogens with two attached hydrogens (primary N) is 1. The van der Waals surface area contributed by atoms with E-state index in [1.54, 1.807) is 30.9 Å². The lowest BCUT2D eigenvalue weighted by Gasteiger charge is -2.28. The summed E-state index contributed by atoms with van der Waals surface area (Å²) in [6.07, 6.45) is 9.40. The number of pyridine rings is 2. The Hall–Kier alpha value is -3.50. The molecule has 0 aromatic carbocycles. The van der Waals surface area contributed by atoms with Gasteiger partial charge < -0.3 is 16.0 Å².